The van der Waals surface area contributed by atoms with Gasteiger partial charge in [-0.3, -0.25) is 19.2 Å². The van der Waals surface area contributed by atoms with Gasteiger partial charge in [-0.25, -0.2) is 0 Å². The number of hydrogen-bond donors (Lipinski definition) is 3. The molecule has 1 aromatic rings. The normalized spacial score (nSPS) is 16.7. The molecule has 176 valence electrons. The van der Waals surface area contributed by atoms with Crippen molar-refractivity contribution in [2.45, 2.75) is 45.6 Å². The van der Waals surface area contributed by atoms with Crippen LogP contribution in [0.5, 0.6) is 0 Å². The summed E-state index contributed by atoms with van der Waals surface area (Å²) in [4.78, 5) is 49.0. The van der Waals surface area contributed by atoms with Gasteiger partial charge in [0, 0.05) is 10.5 Å². The molecule has 32 heavy (non-hydrogen) atoms. The molecule has 10 nitrogen and oxygen atoms in total. The minimum atomic E-state index is -1.08. The number of ether oxygens (including phenoxy) is 3. The van der Waals surface area contributed by atoms with Crippen molar-refractivity contribution in [2.75, 3.05) is 18.5 Å². The molecule has 0 aliphatic carbocycles. The Morgan fingerprint density at radius 2 is 1.59 bits per heavy atom. The first-order valence-corrected chi connectivity index (χ1v) is 12.6. The zero-order chi connectivity index (χ0) is 24.4. The van der Waals surface area contributed by atoms with Crippen molar-refractivity contribution in [1.29, 1.82) is 0 Å². The van der Waals surface area contributed by atoms with Gasteiger partial charge in [-0.15, -0.1) is 0 Å². The predicted molar refractivity (Wildman–Crippen MR) is 140 cm³/mol. The number of carbonyl (C=O) groups excluding carboxylic acids is 4. The Morgan fingerprint density at radius 1 is 1.06 bits per heavy atom. The summed E-state index contributed by atoms with van der Waals surface area (Å²) in [5.41, 5.74) is 6.08. The SMILES string of the molecule is CC(=O)OC(C)C(=O)Nc1c(I)c(C(N)=O)c(I)c(C(=O)NC2COC(C)(C)OC2)c1I. The van der Waals surface area contributed by atoms with Crippen LogP contribution in [0, 0.1) is 10.7 Å². The second kappa shape index (κ2) is 11.1. The van der Waals surface area contributed by atoms with Crippen LogP contribution in [-0.2, 0) is 23.8 Å². The van der Waals surface area contributed by atoms with Crippen LogP contribution in [0.1, 0.15) is 48.4 Å². The average Bonchev–Trinajstić information content (AvgIpc) is 2.65. The Morgan fingerprint density at radius 3 is 2.09 bits per heavy atom. The van der Waals surface area contributed by atoms with Crippen LogP contribution in [0.4, 0.5) is 5.69 Å². The molecule has 2 rings (SSSR count). The number of nitrogens with two attached hydrogens (primary N) is 1. The van der Waals surface area contributed by atoms with Crippen LogP contribution in [0.2, 0.25) is 0 Å². The molecule has 1 aromatic carbocycles. The molecule has 13 heteroatoms. The molecule has 1 saturated heterocycles. The standard InChI is InChI=1S/C19H22I3N3O7/c1-7(32-8(2)26)17(28)25-15-13(21)10(16(23)27)12(20)11(14(15)22)18(29)24-9-5-30-19(3,4)31-6-9/h7,9H,5-6H2,1-4H3,(H2,23,27)(H,24,29)(H,25,28). The average molecular weight is 785 g/mol. The molecule has 1 atom stereocenters. The highest BCUT2D eigenvalue weighted by Gasteiger charge is 2.32. The molecule has 0 aromatic heterocycles. The Bertz CT molecular complexity index is 958. The van der Waals surface area contributed by atoms with Crippen molar-refractivity contribution >= 4 is 97.2 Å². The molecule has 4 N–H and O–H groups in total. The largest absolute Gasteiger partial charge is 0.453 e. The third kappa shape index (κ3) is 6.63. The van der Waals surface area contributed by atoms with Crippen molar-refractivity contribution < 1.29 is 33.4 Å². The zero-order valence-electron chi connectivity index (χ0n) is 17.6. The lowest BCUT2D eigenvalue weighted by atomic mass is 10.1. The Balaban J connectivity index is 2.42. The highest BCUT2D eigenvalue weighted by molar-refractivity contribution is 14.1. The maximum atomic E-state index is 13.2. The van der Waals surface area contributed by atoms with Gasteiger partial charge in [-0.1, -0.05) is 0 Å². The first-order chi connectivity index (χ1) is 14.7. The molecule has 1 heterocycles. The number of rotatable bonds is 6. The van der Waals surface area contributed by atoms with Crippen LogP contribution in [0.3, 0.4) is 0 Å². The van der Waals surface area contributed by atoms with E-state index in [9.17, 15) is 19.2 Å². The number of hydrogen-bond acceptors (Lipinski definition) is 7. The lowest BCUT2D eigenvalue weighted by molar-refractivity contribution is -0.251. The van der Waals surface area contributed by atoms with Crippen LogP contribution >= 0.6 is 67.8 Å². The molecular weight excluding hydrogens is 763 g/mol. The molecule has 1 aliphatic rings. The van der Waals surface area contributed by atoms with E-state index in [1.54, 1.807) is 13.8 Å². The monoisotopic (exact) mass is 785 g/mol. The predicted octanol–water partition coefficient (Wildman–Crippen LogP) is 2.37. The lowest BCUT2D eigenvalue weighted by Crippen LogP contribution is -2.50. The summed E-state index contributed by atoms with van der Waals surface area (Å²) < 4.78 is 17.2. The van der Waals surface area contributed by atoms with E-state index in [1.165, 1.54) is 13.8 Å². The number of nitrogens with one attached hydrogen (secondary N) is 2. The molecule has 0 spiro atoms. The Kier molecular flexibility index (Phi) is 9.51. The number of carbonyl (C=O) groups is 4. The summed E-state index contributed by atoms with van der Waals surface area (Å²) in [7, 11) is 0. The van der Waals surface area contributed by atoms with E-state index in [-0.39, 0.29) is 30.0 Å². The van der Waals surface area contributed by atoms with E-state index < -0.39 is 41.6 Å². The van der Waals surface area contributed by atoms with Gasteiger partial charge in [0.1, 0.15) is 0 Å². The maximum Gasteiger partial charge on any atom is 0.303 e. The number of halogens is 3. The fraction of sp³-hybridized carbons (Fsp3) is 0.474. The number of anilines is 1. The van der Waals surface area contributed by atoms with E-state index in [2.05, 4.69) is 10.6 Å². The van der Waals surface area contributed by atoms with Crippen molar-refractivity contribution in [1.82, 2.24) is 5.32 Å². The zero-order valence-corrected chi connectivity index (χ0v) is 24.1. The minimum absolute atomic E-state index is 0.101. The highest BCUT2D eigenvalue weighted by Crippen LogP contribution is 2.36. The number of primary amides is 1. The van der Waals surface area contributed by atoms with E-state index in [0.717, 1.165) is 0 Å². The third-order valence-corrected chi connectivity index (χ3v) is 7.59. The van der Waals surface area contributed by atoms with E-state index in [4.69, 9.17) is 19.9 Å². The van der Waals surface area contributed by atoms with E-state index in [0.29, 0.717) is 10.7 Å². The van der Waals surface area contributed by atoms with Gasteiger partial charge in [0.15, 0.2) is 11.9 Å². The van der Waals surface area contributed by atoms with E-state index in [1.807, 2.05) is 67.8 Å². The second-order valence-electron chi connectivity index (χ2n) is 7.36. The second-order valence-corrected chi connectivity index (χ2v) is 10.6. The van der Waals surface area contributed by atoms with Gasteiger partial charge < -0.3 is 30.6 Å². The van der Waals surface area contributed by atoms with Crippen LogP contribution in [0.15, 0.2) is 0 Å². The van der Waals surface area contributed by atoms with Gasteiger partial charge in [-0.05, 0) is 88.5 Å². The molecule has 0 saturated carbocycles. The smallest absolute Gasteiger partial charge is 0.303 e. The number of amides is 3. The topological polar surface area (TPSA) is 146 Å². The van der Waals surface area contributed by atoms with Crippen LogP contribution < -0.4 is 16.4 Å². The molecule has 0 radical (unpaired) electrons. The highest BCUT2D eigenvalue weighted by atomic mass is 127. The fourth-order valence-corrected chi connectivity index (χ4v) is 7.21. The lowest BCUT2D eigenvalue weighted by Gasteiger charge is -2.35. The summed E-state index contributed by atoms with van der Waals surface area (Å²) in [5, 5.41) is 5.48. The quantitative estimate of drug-likeness (QED) is 0.297. The van der Waals surface area contributed by atoms with Crippen molar-refractivity contribution in [2.24, 2.45) is 5.73 Å². The minimum Gasteiger partial charge on any atom is -0.453 e. The number of benzene rings is 1. The van der Waals surface area contributed by atoms with Gasteiger partial charge in [-0.2, -0.15) is 0 Å². The van der Waals surface area contributed by atoms with Crippen molar-refractivity contribution in [3.8, 4) is 0 Å². The Hall–Kier alpha value is -0.790. The van der Waals surface area contributed by atoms with Crippen molar-refractivity contribution in [3.05, 3.63) is 21.8 Å². The molecule has 3 amide bonds. The van der Waals surface area contributed by atoms with Crippen LogP contribution in [-0.4, -0.2) is 54.8 Å². The molecule has 0 bridgehead atoms. The van der Waals surface area contributed by atoms with Crippen molar-refractivity contribution in [3.63, 3.8) is 0 Å². The molecule has 1 fully saturated rings. The third-order valence-electron chi connectivity index (χ3n) is 4.35. The van der Waals surface area contributed by atoms with Gasteiger partial charge in [0.05, 0.1) is 43.2 Å². The summed E-state index contributed by atoms with van der Waals surface area (Å²) in [6, 6.07) is -0.402. The molecular formula is C19H22I3N3O7. The molecule has 1 aliphatic heterocycles. The first-order valence-electron chi connectivity index (χ1n) is 9.32. The first kappa shape index (κ1) is 27.5. The number of esters is 1. The fourth-order valence-electron chi connectivity index (χ4n) is 2.75. The Labute approximate surface area is 225 Å². The summed E-state index contributed by atoms with van der Waals surface area (Å²) in [6.07, 6.45) is -1.08. The summed E-state index contributed by atoms with van der Waals surface area (Å²) >= 11 is 5.69. The van der Waals surface area contributed by atoms with Gasteiger partial charge >= 0.3 is 5.97 Å². The molecule has 1 unspecified atom stereocenters. The van der Waals surface area contributed by atoms with E-state index >= 15 is 0 Å². The van der Waals surface area contributed by atoms with Crippen LogP contribution in [0.25, 0.3) is 0 Å². The van der Waals surface area contributed by atoms with Gasteiger partial charge in [0.2, 0.25) is 0 Å². The summed E-state index contributed by atoms with van der Waals surface area (Å²) in [5.74, 6) is -3.19. The maximum absolute atomic E-state index is 13.2. The van der Waals surface area contributed by atoms with Gasteiger partial charge in [0.25, 0.3) is 17.7 Å². The summed E-state index contributed by atoms with van der Waals surface area (Å²) in [6.45, 7) is 6.67.